The highest BCUT2D eigenvalue weighted by atomic mass is 32.2. The van der Waals surface area contributed by atoms with Crippen LogP contribution >= 0.6 is 0 Å². The van der Waals surface area contributed by atoms with E-state index in [0.717, 1.165) is 6.08 Å². The van der Waals surface area contributed by atoms with Gasteiger partial charge in [-0.3, -0.25) is 8.37 Å². The quantitative estimate of drug-likeness (QED) is 0.572. The third kappa shape index (κ3) is 5.17. The van der Waals surface area contributed by atoms with Crippen LogP contribution in [-0.4, -0.2) is 63.8 Å². The standard InChI is InChI=1S/C9H14O9S2/c1-19(13,14)17-7-4-5(9(11)12)3-6(10)8(7)18-20(2,15)16/h4,6-8,10H,3H2,1-2H3,(H,11,12)/t6-,7-,8+/m1/s1. The van der Waals surface area contributed by atoms with Crippen LogP contribution in [0.4, 0.5) is 0 Å². The van der Waals surface area contributed by atoms with Gasteiger partial charge in [0.15, 0.2) is 0 Å². The fraction of sp³-hybridized carbons (Fsp3) is 0.667. The average Bonchev–Trinajstić information content (AvgIpc) is 2.18. The first kappa shape index (κ1) is 17.0. The molecule has 116 valence electrons. The van der Waals surface area contributed by atoms with E-state index in [4.69, 9.17) is 5.11 Å². The summed E-state index contributed by atoms with van der Waals surface area (Å²) in [5.74, 6) is -1.37. The van der Waals surface area contributed by atoms with Crippen LogP contribution in [-0.2, 0) is 33.4 Å². The van der Waals surface area contributed by atoms with Gasteiger partial charge in [0.25, 0.3) is 20.2 Å². The second-order valence-electron chi connectivity index (χ2n) is 4.30. The third-order valence-electron chi connectivity index (χ3n) is 2.34. The normalized spacial score (nSPS) is 27.9. The van der Waals surface area contributed by atoms with E-state index in [1.54, 1.807) is 0 Å². The minimum Gasteiger partial charge on any atom is -0.478 e. The van der Waals surface area contributed by atoms with Crippen molar-refractivity contribution in [2.75, 3.05) is 12.5 Å². The zero-order chi connectivity index (χ0) is 15.7. The topological polar surface area (TPSA) is 144 Å². The lowest BCUT2D eigenvalue weighted by molar-refractivity contribution is -0.133. The van der Waals surface area contributed by atoms with Crippen LogP contribution in [0, 0.1) is 0 Å². The van der Waals surface area contributed by atoms with E-state index < -0.39 is 44.5 Å². The molecule has 0 fully saturated rings. The molecule has 1 rings (SSSR count). The zero-order valence-corrected chi connectivity index (χ0v) is 12.2. The molecular weight excluding hydrogens is 316 g/mol. The highest BCUT2D eigenvalue weighted by Crippen LogP contribution is 2.26. The molecule has 0 radical (unpaired) electrons. The van der Waals surface area contributed by atoms with E-state index >= 15 is 0 Å². The first-order valence-corrected chi connectivity index (χ1v) is 8.91. The maximum atomic E-state index is 11.1. The summed E-state index contributed by atoms with van der Waals surface area (Å²) in [6.07, 6.45) is -2.68. The summed E-state index contributed by atoms with van der Waals surface area (Å²) in [7, 11) is -8.00. The maximum absolute atomic E-state index is 11.1. The summed E-state index contributed by atoms with van der Waals surface area (Å²) in [5, 5.41) is 18.6. The van der Waals surface area contributed by atoms with Crippen LogP contribution in [0.1, 0.15) is 6.42 Å². The fourth-order valence-electron chi connectivity index (χ4n) is 1.69. The molecule has 20 heavy (non-hydrogen) atoms. The van der Waals surface area contributed by atoms with Crippen molar-refractivity contribution in [1.29, 1.82) is 0 Å². The minimum atomic E-state index is -4.01. The van der Waals surface area contributed by atoms with E-state index in [1.165, 1.54) is 0 Å². The number of aliphatic carboxylic acids is 1. The Balaban J connectivity index is 3.16. The molecule has 0 saturated heterocycles. The van der Waals surface area contributed by atoms with Gasteiger partial charge in [-0.2, -0.15) is 16.8 Å². The molecule has 0 amide bonds. The van der Waals surface area contributed by atoms with Gasteiger partial charge in [-0.15, -0.1) is 0 Å². The summed E-state index contributed by atoms with van der Waals surface area (Å²) in [4.78, 5) is 10.9. The number of hydrogen-bond acceptors (Lipinski definition) is 8. The first-order chi connectivity index (χ1) is 8.89. The smallest absolute Gasteiger partial charge is 0.331 e. The van der Waals surface area contributed by atoms with Crippen molar-refractivity contribution in [3.63, 3.8) is 0 Å². The van der Waals surface area contributed by atoms with Crippen LogP contribution in [0.5, 0.6) is 0 Å². The van der Waals surface area contributed by atoms with Gasteiger partial charge in [0, 0.05) is 12.0 Å². The van der Waals surface area contributed by atoms with Crippen LogP contribution in [0.2, 0.25) is 0 Å². The predicted octanol–water partition coefficient (Wildman–Crippen LogP) is -1.55. The molecule has 0 bridgehead atoms. The lowest BCUT2D eigenvalue weighted by atomic mass is 9.92. The molecule has 0 heterocycles. The monoisotopic (exact) mass is 330 g/mol. The van der Waals surface area contributed by atoms with Gasteiger partial charge < -0.3 is 10.2 Å². The molecule has 0 aromatic rings. The lowest BCUT2D eigenvalue weighted by Gasteiger charge is -2.31. The molecule has 11 heteroatoms. The molecule has 0 aliphatic heterocycles. The first-order valence-electron chi connectivity index (χ1n) is 5.27. The summed E-state index contributed by atoms with van der Waals surface area (Å²) in [6, 6.07) is 0. The Morgan fingerprint density at radius 3 is 2.10 bits per heavy atom. The van der Waals surface area contributed by atoms with E-state index in [2.05, 4.69) is 8.37 Å². The van der Waals surface area contributed by atoms with Crippen molar-refractivity contribution in [2.24, 2.45) is 0 Å². The van der Waals surface area contributed by atoms with Gasteiger partial charge in [-0.1, -0.05) is 0 Å². The zero-order valence-electron chi connectivity index (χ0n) is 10.6. The minimum absolute atomic E-state index is 0.292. The Kier molecular flexibility index (Phi) is 4.92. The summed E-state index contributed by atoms with van der Waals surface area (Å²) in [6.45, 7) is 0. The Bertz CT molecular complexity index is 616. The van der Waals surface area contributed by atoms with Gasteiger partial charge in [0.05, 0.1) is 18.6 Å². The third-order valence-corrected chi connectivity index (χ3v) is 3.49. The molecule has 0 aromatic heterocycles. The van der Waals surface area contributed by atoms with Crippen molar-refractivity contribution in [2.45, 2.75) is 24.7 Å². The van der Waals surface area contributed by atoms with Crippen molar-refractivity contribution in [1.82, 2.24) is 0 Å². The van der Waals surface area contributed by atoms with Crippen LogP contribution in [0.15, 0.2) is 11.6 Å². The molecular formula is C9H14O9S2. The van der Waals surface area contributed by atoms with Crippen molar-refractivity contribution in [3.8, 4) is 0 Å². The molecule has 0 spiro atoms. The fourth-order valence-corrected chi connectivity index (χ4v) is 2.90. The Morgan fingerprint density at radius 1 is 1.20 bits per heavy atom. The van der Waals surface area contributed by atoms with Crippen LogP contribution in [0.25, 0.3) is 0 Å². The predicted molar refractivity (Wildman–Crippen MR) is 65.8 cm³/mol. The molecule has 0 saturated carbocycles. The van der Waals surface area contributed by atoms with E-state index in [1.807, 2.05) is 0 Å². The molecule has 9 nitrogen and oxygen atoms in total. The van der Waals surface area contributed by atoms with Crippen molar-refractivity contribution in [3.05, 3.63) is 11.6 Å². The maximum Gasteiger partial charge on any atom is 0.331 e. The van der Waals surface area contributed by atoms with E-state index in [-0.39, 0.29) is 12.0 Å². The molecule has 0 unspecified atom stereocenters. The van der Waals surface area contributed by atoms with Crippen molar-refractivity contribution < 1.29 is 40.2 Å². The summed E-state index contributed by atoms with van der Waals surface area (Å²) >= 11 is 0. The second kappa shape index (κ2) is 5.77. The van der Waals surface area contributed by atoms with Gasteiger partial charge in [0.2, 0.25) is 0 Å². The average molecular weight is 330 g/mol. The number of aliphatic hydroxyl groups is 1. The van der Waals surface area contributed by atoms with Gasteiger partial charge in [0.1, 0.15) is 12.2 Å². The number of carbonyl (C=O) groups is 1. The SMILES string of the molecule is CS(=O)(=O)O[C@H]1[C@H](O)CC(C(=O)O)=C[C@H]1OS(C)(=O)=O. The molecule has 1 aliphatic rings. The van der Waals surface area contributed by atoms with Crippen molar-refractivity contribution >= 4 is 26.2 Å². The number of aliphatic hydroxyl groups excluding tert-OH is 1. The highest BCUT2D eigenvalue weighted by molar-refractivity contribution is 7.86. The number of carboxylic acid groups (broad SMARTS) is 1. The van der Waals surface area contributed by atoms with Gasteiger partial charge >= 0.3 is 5.97 Å². The van der Waals surface area contributed by atoms with Gasteiger partial charge in [-0.25, -0.2) is 4.79 Å². The van der Waals surface area contributed by atoms with E-state index in [0.29, 0.717) is 12.5 Å². The van der Waals surface area contributed by atoms with Gasteiger partial charge in [-0.05, 0) is 6.08 Å². The van der Waals surface area contributed by atoms with E-state index in [9.17, 15) is 26.7 Å². The highest BCUT2D eigenvalue weighted by Gasteiger charge is 2.39. The molecule has 3 atom stereocenters. The van der Waals surface area contributed by atoms with Crippen LogP contribution < -0.4 is 0 Å². The largest absolute Gasteiger partial charge is 0.478 e. The summed E-state index contributed by atoms with van der Waals surface area (Å²) < 4.78 is 53.6. The molecule has 1 aliphatic carbocycles. The Labute approximate surface area is 116 Å². The number of rotatable bonds is 5. The van der Waals surface area contributed by atoms with Crippen LogP contribution in [0.3, 0.4) is 0 Å². The Hall–Kier alpha value is -1.01. The molecule has 0 aromatic carbocycles. The number of hydrogen-bond donors (Lipinski definition) is 2. The summed E-state index contributed by atoms with van der Waals surface area (Å²) in [5.41, 5.74) is -0.292. The molecule has 2 N–H and O–H groups in total. The number of carboxylic acids is 1. The second-order valence-corrected chi connectivity index (χ2v) is 7.50. The Morgan fingerprint density at radius 2 is 1.70 bits per heavy atom. The lowest BCUT2D eigenvalue weighted by Crippen LogP contribution is -2.46.